The molecule has 70 valence electrons. The van der Waals surface area contributed by atoms with Gasteiger partial charge >= 0.3 is 5.69 Å². The molecule has 0 fully saturated rings. The van der Waals surface area contributed by atoms with E-state index in [9.17, 15) is 10.1 Å². The Morgan fingerprint density at radius 1 is 1.54 bits per heavy atom. The van der Waals surface area contributed by atoms with Crippen molar-refractivity contribution in [1.29, 1.82) is 0 Å². The van der Waals surface area contributed by atoms with Crippen molar-refractivity contribution in [3.8, 4) is 5.88 Å². The smallest absolute Gasteiger partial charge is 0.362 e. The van der Waals surface area contributed by atoms with Gasteiger partial charge in [-0.25, -0.2) is 4.98 Å². The number of rotatable bonds is 2. The van der Waals surface area contributed by atoms with E-state index in [0.29, 0.717) is 5.82 Å². The van der Waals surface area contributed by atoms with Crippen molar-refractivity contribution in [2.45, 2.75) is 6.92 Å². The molecule has 6 nitrogen and oxygen atoms in total. The zero-order chi connectivity index (χ0) is 10.0. The molecule has 0 aliphatic rings. The first-order chi connectivity index (χ1) is 6.06. The number of halogens is 1. The van der Waals surface area contributed by atoms with Crippen molar-refractivity contribution in [2.24, 2.45) is 0 Å². The Balaban J connectivity index is 3.38. The third-order valence-corrected chi connectivity index (χ3v) is 2.05. The average Bonchev–Trinajstić information content (AvgIpc) is 2.01. The molecule has 0 aliphatic carbocycles. The van der Waals surface area contributed by atoms with Crippen LogP contribution in [0.5, 0.6) is 5.88 Å². The fraction of sp³-hybridized carbons (Fsp3) is 0.333. The summed E-state index contributed by atoms with van der Waals surface area (Å²) in [6.45, 7) is 1.65. The lowest BCUT2D eigenvalue weighted by Gasteiger charge is -2.01. The Labute approximate surface area is 87.6 Å². The van der Waals surface area contributed by atoms with Crippen molar-refractivity contribution in [3.05, 3.63) is 19.6 Å². The quantitative estimate of drug-likeness (QED) is 0.356. The first-order valence-electron chi connectivity index (χ1n) is 3.28. The van der Waals surface area contributed by atoms with Gasteiger partial charge in [0.05, 0.1) is 12.0 Å². The topological polar surface area (TPSA) is 78.2 Å². The lowest BCUT2D eigenvalue weighted by Crippen LogP contribution is -2.02. The molecular weight excluding hydrogens is 289 g/mol. The summed E-state index contributed by atoms with van der Waals surface area (Å²) in [5, 5.41) is 10.6. The van der Waals surface area contributed by atoms with Crippen LogP contribution in [-0.2, 0) is 0 Å². The van der Waals surface area contributed by atoms with Crippen molar-refractivity contribution >= 4 is 28.3 Å². The highest BCUT2D eigenvalue weighted by Crippen LogP contribution is 2.28. The summed E-state index contributed by atoms with van der Waals surface area (Å²) in [5.41, 5.74) is -0.186. The molecule has 7 heteroatoms. The number of nitrogens with zero attached hydrogens (tertiary/aromatic N) is 3. The van der Waals surface area contributed by atoms with Gasteiger partial charge in [0.2, 0.25) is 0 Å². The molecule has 0 spiro atoms. The Morgan fingerprint density at radius 2 is 2.15 bits per heavy atom. The number of nitro groups is 1. The zero-order valence-electron chi connectivity index (χ0n) is 6.94. The largest absolute Gasteiger partial charge is 0.476 e. The van der Waals surface area contributed by atoms with Gasteiger partial charge in [-0.3, -0.25) is 10.1 Å². The summed E-state index contributed by atoms with van der Waals surface area (Å²) in [6, 6.07) is 0. The maximum atomic E-state index is 10.6. The molecule has 1 aromatic heterocycles. The molecule has 0 saturated carbocycles. The van der Waals surface area contributed by atoms with Crippen molar-refractivity contribution in [1.82, 2.24) is 9.97 Å². The van der Waals surface area contributed by atoms with Crippen LogP contribution in [0, 0.1) is 20.7 Å². The summed E-state index contributed by atoms with van der Waals surface area (Å²) < 4.78 is 5.05. The fourth-order valence-corrected chi connectivity index (χ4v) is 1.58. The SMILES string of the molecule is COc1nc(C)nc(I)c1[N+](=O)[O-]. The molecule has 0 N–H and O–H groups in total. The van der Waals surface area contributed by atoms with Crippen molar-refractivity contribution in [3.63, 3.8) is 0 Å². The molecule has 13 heavy (non-hydrogen) atoms. The number of methoxy groups -OCH3 is 1. The Morgan fingerprint density at radius 3 is 2.62 bits per heavy atom. The molecule has 0 aliphatic heterocycles. The third kappa shape index (κ3) is 2.02. The number of aryl methyl sites for hydroxylation is 1. The molecule has 0 saturated heterocycles. The molecule has 0 amide bonds. The van der Waals surface area contributed by atoms with E-state index in [1.807, 2.05) is 0 Å². The van der Waals surface area contributed by atoms with Crippen LogP contribution < -0.4 is 4.74 Å². The van der Waals surface area contributed by atoms with Crippen LogP contribution in [0.25, 0.3) is 0 Å². The van der Waals surface area contributed by atoms with Gasteiger partial charge in [-0.15, -0.1) is 0 Å². The second kappa shape index (κ2) is 3.81. The first-order valence-corrected chi connectivity index (χ1v) is 4.36. The number of aromatic nitrogens is 2. The highest BCUT2D eigenvalue weighted by Gasteiger charge is 2.22. The fourth-order valence-electron chi connectivity index (χ4n) is 0.804. The summed E-state index contributed by atoms with van der Waals surface area (Å²) in [4.78, 5) is 17.6. The maximum Gasteiger partial charge on any atom is 0.362 e. The molecule has 1 rings (SSSR count). The molecular formula is C6H6IN3O3. The van der Waals surface area contributed by atoms with Crippen LogP contribution in [0.15, 0.2) is 0 Å². The van der Waals surface area contributed by atoms with Crippen LogP contribution >= 0.6 is 22.6 Å². The summed E-state index contributed by atoms with van der Waals surface area (Å²) in [6.07, 6.45) is 0. The van der Waals surface area contributed by atoms with E-state index in [1.165, 1.54) is 7.11 Å². The van der Waals surface area contributed by atoms with Crippen LogP contribution in [0.3, 0.4) is 0 Å². The average molecular weight is 295 g/mol. The lowest BCUT2D eigenvalue weighted by molar-refractivity contribution is -0.387. The summed E-state index contributed by atoms with van der Waals surface area (Å²) >= 11 is 1.78. The monoisotopic (exact) mass is 295 g/mol. The summed E-state index contributed by atoms with van der Waals surface area (Å²) in [5.74, 6) is 0.453. The van der Waals surface area contributed by atoms with Gasteiger partial charge in [0.25, 0.3) is 5.88 Å². The zero-order valence-corrected chi connectivity index (χ0v) is 9.10. The molecule has 1 heterocycles. The van der Waals surface area contributed by atoms with E-state index in [4.69, 9.17) is 4.74 Å². The van der Waals surface area contributed by atoms with Gasteiger partial charge in [-0.05, 0) is 29.5 Å². The Bertz CT molecular complexity index is 355. The van der Waals surface area contributed by atoms with Crippen LogP contribution in [0.4, 0.5) is 5.69 Å². The van der Waals surface area contributed by atoms with Gasteiger partial charge in [-0.2, -0.15) is 4.98 Å². The molecule has 0 radical (unpaired) electrons. The van der Waals surface area contributed by atoms with E-state index in [0.717, 1.165) is 0 Å². The van der Waals surface area contributed by atoms with Gasteiger partial charge in [0, 0.05) is 0 Å². The molecule has 1 aromatic rings. The van der Waals surface area contributed by atoms with Gasteiger partial charge in [-0.1, -0.05) is 0 Å². The maximum absolute atomic E-state index is 10.6. The second-order valence-electron chi connectivity index (χ2n) is 2.18. The van der Waals surface area contributed by atoms with Crippen LogP contribution in [0.2, 0.25) is 0 Å². The standard InChI is InChI=1S/C6H6IN3O3/c1-3-8-5(7)4(10(11)12)6(9-3)13-2/h1-2H3. The van der Waals surface area contributed by atoms with Gasteiger partial charge in [0.1, 0.15) is 5.82 Å². The van der Waals surface area contributed by atoms with E-state index in [-0.39, 0.29) is 15.3 Å². The normalized spacial score (nSPS) is 9.77. The Hall–Kier alpha value is -0.990. The molecule has 0 bridgehead atoms. The number of ether oxygens (including phenoxy) is 1. The van der Waals surface area contributed by atoms with Crippen molar-refractivity contribution < 1.29 is 9.66 Å². The third-order valence-electron chi connectivity index (χ3n) is 1.30. The highest BCUT2D eigenvalue weighted by atomic mass is 127. The van der Waals surface area contributed by atoms with Crippen molar-refractivity contribution in [2.75, 3.05) is 7.11 Å². The lowest BCUT2D eigenvalue weighted by atomic mass is 10.5. The van der Waals surface area contributed by atoms with Crippen LogP contribution in [0.1, 0.15) is 5.82 Å². The van der Waals surface area contributed by atoms with Gasteiger partial charge in [0.15, 0.2) is 3.70 Å². The number of hydrogen-bond acceptors (Lipinski definition) is 5. The first kappa shape index (κ1) is 10.1. The number of hydrogen-bond donors (Lipinski definition) is 0. The molecule has 0 unspecified atom stereocenters. The van der Waals surface area contributed by atoms with E-state index in [1.54, 1.807) is 29.5 Å². The van der Waals surface area contributed by atoms with Gasteiger partial charge < -0.3 is 4.74 Å². The molecule has 0 atom stereocenters. The minimum atomic E-state index is -0.556. The molecule has 0 aromatic carbocycles. The predicted molar refractivity (Wildman–Crippen MR) is 52.7 cm³/mol. The Kier molecular flexibility index (Phi) is 2.96. The van der Waals surface area contributed by atoms with Crippen LogP contribution in [-0.4, -0.2) is 22.0 Å². The van der Waals surface area contributed by atoms with E-state index in [2.05, 4.69) is 9.97 Å². The summed E-state index contributed by atoms with van der Waals surface area (Å²) in [7, 11) is 1.34. The second-order valence-corrected chi connectivity index (χ2v) is 3.20. The van der Waals surface area contributed by atoms with E-state index < -0.39 is 4.92 Å². The minimum absolute atomic E-state index is 0.00176. The van der Waals surface area contributed by atoms with E-state index >= 15 is 0 Å². The minimum Gasteiger partial charge on any atom is -0.476 e. The highest BCUT2D eigenvalue weighted by molar-refractivity contribution is 14.1. The predicted octanol–water partition coefficient (Wildman–Crippen LogP) is 1.31.